The fourth-order valence-corrected chi connectivity index (χ4v) is 3.51. The molecule has 0 radical (unpaired) electrons. The van der Waals surface area contributed by atoms with Crippen molar-refractivity contribution in [1.82, 2.24) is 10.2 Å². The summed E-state index contributed by atoms with van der Waals surface area (Å²) in [5.41, 5.74) is 2.62. The highest BCUT2D eigenvalue weighted by molar-refractivity contribution is 5.86. The maximum absolute atomic E-state index is 13.0. The van der Waals surface area contributed by atoms with Gasteiger partial charge in [-0.1, -0.05) is 36.4 Å². The van der Waals surface area contributed by atoms with Crippen LogP contribution < -0.4 is 10.1 Å². The topological polar surface area (TPSA) is 67.9 Å². The number of carbonyl (C=O) groups excluding carboxylic acids is 2. The van der Waals surface area contributed by atoms with Crippen molar-refractivity contribution in [2.45, 2.75) is 51.8 Å². The van der Waals surface area contributed by atoms with Gasteiger partial charge in [0.2, 0.25) is 5.91 Å². The minimum Gasteiger partial charge on any atom is -0.497 e. The van der Waals surface area contributed by atoms with Gasteiger partial charge < -0.3 is 14.8 Å². The number of rotatable bonds is 5. The summed E-state index contributed by atoms with van der Waals surface area (Å²) >= 11 is 0. The fraction of sp³-hybridized carbons (Fsp3) is 0.417. The van der Waals surface area contributed by atoms with E-state index in [1.54, 1.807) is 7.11 Å². The van der Waals surface area contributed by atoms with Crippen LogP contribution in [0.15, 0.2) is 48.5 Å². The van der Waals surface area contributed by atoms with Gasteiger partial charge in [-0.2, -0.15) is 0 Å². The average molecular weight is 411 g/mol. The van der Waals surface area contributed by atoms with E-state index in [0.717, 1.165) is 22.4 Å². The average Bonchev–Trinajstić information content (AvgIpc) is 2.72. The first-order valence-corrected chi connectivity index (χ1v) is 10.2. The van der Waals surface area contributed by atoms with Gasteiger partial charge in [-0.3, -0.25) is 9.69 Å². The predicted octanol–water partition coefficient (Wildman–Crippen LogP) is 3.72. The highest BCUT2D eigenvalue weighted by Gasteiger charge is 2.36. The molecule has 1 aliphatic heterocycles. The van der Waals surface area contributed by atoms with E-state index in [4.69, 9.17) is 9.47 Å². The van der Waals surface area contributed by atoms with E-state index in [2.05, 4.69) is 5.32 Å². The van der Waals surface area contributed by atoms with Crippen LogP contribution in [0.5, 0.6) is 5.75 Å². The van der Waals surface area contributed by atoms with Gasteiger partial charge in [0.15, 0.2) is 0 Å². The summed E-state index contributed by atoms with van der Waals surface area (Å²) < 4.78 is 10.7. The lowest BCUT2D eigenvalue weighted by Gasteiger charge is -2.36. The molecule has 0 aliphatic carbocycles. The third kappa shape index (κ3) is 5.53. The summed E-state index contributed by atoms with van der Waals surface area (Å²) in [4.78, 5) is 27.3. The fourth-order valence-electron chi connectivity index (χ4n) is 3.51. The molecule has 2 aromatic rings. The number of nitrogens with zero attached hydrogens (tertiary/aromatic N) is 1. The standard InChI is InChI=1S/C24H30N2O4/c1-24(2,3)30-23(28)26-16-19-8-6-5-7-18(19)15-21(26)22(27)25-14-13-17-9-11-20(29-4)12-10-17/h5-12,21H,13-16H2,1-4H3,(H,25,27). The zero-order chi connectivity index (χ0) is 21.7. The number of carbonyl (C=O) groups is 2. The number of hydrogen-bond donors (Lipinski definition) is 1. The van der Waals surface area contributed by atoms with Crippen LogP contribution in [-0.2, 0) is 28.9 Å². The highest BCUT2D eigenvalue weighted by Crippen LogP contribution is 2.25. The number of amides is 2. The number of hydrogen-bond acceptors (Lipinski definition) is 4. The van der Waals surface area contributed by atoms with Crippen molar-refractivity contribution in [3.63, 3.8) is 0 Å². The van der Waals surface area contributed by atoms with Gasteiger partial charge in [0.25, 0.3) is 0 Å². The molecule has 1 atom stereocenters. The van der Waals surface area contributed by atoms with E-state index in [9.17, 15) is 9.59 Å². The van der Waals surface area contributed by atoms with E-state index >= 15 is 0 Å². The maximum Gasteiger partial charge on any atom is 0.411 e. The lowest BCUT2D eigenvalue weighted by Crippen LogP contribution is -2.53. The van der Waals surface area contributed by atoms with Crippen molar-refractivity contribution in [3.05, 3.63) is 65.2 Å². The van der Waals surface area contributed by atoms with E-state index in [1.807, 2.05) is 69.3 Å². The zero-order valence-corrected chi connectivity index (χ0v) is 18.1. The van der Waals surface area contributed by atoms with Crippen LogP contribution in [0, 0.1) is 0 Å². The SMILES string of the molecule is COc1ccc(CCNC(=O)C2Cc3ccccc3CN2C(=O)OC(C)(C)C)cc1. The second-order valence-corrected chi connectivity index (χ2v) is 8.49. The van der Waals surface area contributed by atoms with Crippen molar-refractivity contribution < 1.29 is 19.1 Å². The first kappa shape index (κ1) is 21.7. The second kappa shape index (κ2) is 9.20. The van der Waals surface area contributed by atoms with Gasteiger partial charge in [-0.05, 0) is 56.0 Å². The van der Waals surface area contributed by atoms with Gasteiger partial charge in [0.05, 0.1) is 13.7 Å². The van der Waals surface area contributed by atoms with Gasteiger partial charge in [0.1, 0.15) is 17.4 Å². The van der Waals surface area contributed by atoms with E-state index in [-0.39, 0.29) is 5.91 Å². The number of nitrogens with one attached hydrogen (secondary N) is 1. The molecule has 3 rings (SSSR count). The molecule has 1 aliphatic rings. The summed E-state index contributed by atoms with van der Waals surface area (Å²) in [6, 6.07) is 15.1. The summed E-state index contributed by atoms with van der Waals surface area (Å²) in [6.45, 7) is 6.33. The lowest BCUT2D eigenvalue weighted by molar-refractivity contribution is -0.127. The summed E-state index contributed by atoms with van der Waals surface area (Å²) in [5.74, 6) is 0.639. The monoisotopic (exact) mass is 410 g/mol. The minimum absolute atomic E-state index is 0.163. The third-order valence-corrected chi connectivity index (χ3v) is 5.05. The number of fused-ring (bicyclic) bond motifs is 1. The Bertz CT molecular complexity index is 887. The Morgan fingerprint density at radius 3 is 2.37 bits per heavy atom. The Hall–Kier alpha value is -3.02. The molecule has 6 nitrogen and oxygen atoms in total. The molecule has 0 saturated carbocycles. The van der Waals surface area contributed by atoms with Crippen LogP contribution in [0.1, 0.15) is 37.5 Å². The number of ether oxygens (including phenoxy) is 2. The molecule has 0 bridgehead atoms. The quantitative estimate of drug-likeness (QED) is 0.816. The Labute approximate surface area is 178 Å². The van der Waals surface area contributed by atoms with Crippen molar-refractivity contribution in [2.75, 3.05) is 13.7 Å². The first-order valence-electron chi connectivity index (χ1n) is 10.2. The molecule has 1 unspecified atom stereocenters. The molecule has 0 saturated heterocycles. The summed E-state index contributed by atoms with van der Waals surface area (Å²) in [5, 5.41) is 2.99. The molecular formula is C24H30N2O4. The smallest absolute Gasteiger partial charge is 0.411 e. The van der Waals surface area contributed by atoms with Crippen LogP contribution >= 0.6 is 0 Å². The van der Waals surface area contributed by atoms with Crippen LogP contribution in [0.2, 0.25) is 0 Å². The highest BCUT2D eigenvalue weighted by atomic mass is 16.6. The molecule has 30 heavy (non-hydrogen) atoms. The van der Waals surface area contributed by atoms with Crippen LogP contribution in [0.4, 0.5) is 4.79 Å². The van der Waals surface area contributed by atoms with Gasteiger partial charge >= 0.3 is 6.09 Å². The normalized spacial score (nSPS) is 15.9. The molecule has 1 heterocycles. The molecule has 6 heteroatoms. The number of methoxy groups -OCH3 is 1. The lowest BCUT2D eigenvalue weighted by atomic mass is 9.93. The third-order valence-electron chi connectivity index (χ3n) is 5.05. The van der Waals surface area contributed by atoms with Crippen LogP contribution in [0.25, 0.3) is 0 Å². The van der Waals surface area contributed by atoms with Crippen molar-refractivity contribution in [3.8, 4) is 5.75 Å². The van der Waals surface area contributed by atoms with Crippen LogP contribution in [-0.4, -0.2) is 42.2 Å². The Balaban J connectivity index is 1.67. The molecular weight excluding hydrogens is 380 g/mol. The Morgan fingerprint density at radius 2 is 1.73 bits per heavy atom. The van der Waals surface area contributed by atoms with Gasteiger partial charge in [-0.15, -0.1) is 0 Å². The maximum atomic E-state index is 13.0. The molecule has 2 aromatic carbocycles. The Kier molecular flexibility index (Phi) is 6.65. The van der Waals surface area contributed by atoms with E-state index < -0.39 is 17.7 Å². The molecule has 0 fully saturated rings. The molecule has 0 aromatic heterocycles. The van der Waals surface area contributed by atoms with Gasteiger partial charge in [0, 0.05) is 13.0 Å². The summed E-state index contributed by atoms with van der Waals surface area (Å²) in [7, 11) is 1.63. The van der Waals surface area contributed by atoms with Crippen molar-refractivity contribution in [2.24, 2.45) is 0 Å². The van der Waals surface area contributed by atoms with E-state index in [1.165, 1.54) is 4.90 Å². The molecule has 1 N–H and O–H groups in total. The Morgan fingerprint density at radius 1 is 1.07 bits per heavy atom. The second-order valence-electron chi connectivity index (χ2n) is 8.49. The number of benzene rings is 2. The predicted molar refractivity (Wildman–Crippen MR) is 115 cm³/mol. The first-order chi connectivity index (χ1) is 14.3. The molecule has 160 valence electrons. The summed E-state index contributed by atoms with van der Waals surface area (Å²) in [6.07, 6.45) is 0.710. The largest absolute Gasteiger partial charge is 0.497 e. The van der Waals surface area contributed by atoms with E-state index in [0.29, 0.717) is 25.9 Å². The van der Waals surface area contributed by atoms with Crippen molar-refractivity contribution in [1.29, 1.82) is 0 Å². The van der Waals surface area contributed by atoms with Crippen molar-refractivity contribution >= 4 is 12.0 Å². The minimum atomic E-state index is -0.622. The zero-order valence-electron chi connectivity index (χ0n) is 18.1. The molecule has 2 amide bonds. The van der Waals surface area contributed by atoms with Gasteiger partial charge in [-0.25, -0.2) is 4.79 Å². The molecule has 0 spiro atoms. The van der Waals surface area contributed by atoms with Crippen LogP contribution in [0.3, 0.4) is 0 Å².